The molecule has 1 aromatic carbocycles. The summed E-state index contributed by atoms with van der Waals surface area (Å²) in [6.45, 7) is 6.09. The van der Waals surface area contributed by atoms with Gasteiger partial charge in [0.25, 0.3) is 0 Å². The Balaban J connectivity index is 2.10. The third-order valence-corrected chi connectivity index (χ3v) is 4.75. The van der Waals surface area contributed by atoms with Crippen molar-refractivity contribution in [1.82, 2.24) is 0 Å². The topological polar surface area (TPSA) is 37.3 Å². The molecule has 1 N–H and O–H groups in total. The van der Waals surface area contributed by atoms with Gasteiger partial charge < -0.3 is 5.11 Å². The van der Waals surface area contributed by atoms with Gasteiger partial charge in [-0.1, -0.05) is 77.2 Å². The van der Waals surface area contributed by atoms with Crippen molar-refractivity contribution in [3.05, 3.63) is 28.8 Å². The molecule has 0 atom stereocenters. The second-order valence-electron chi connectivity index (χ2n) is 7.18. The Bertz CT molecular complexity index is 468. The van der Waals surface area contributed by atoms with Gasteiger partial charge in [0.15, 0.2) is 5.78 Å². The van der Waals surface area contributed by atoms with Crippen LogP contribution in [0.3, 0.4) is 0 Å². The number of carbonyl (C=O) groups excluding carboxylic acids is 1. The number of hydrogen-bond acceptors (Lipinski definition) is 2. The summed E-state index contributed by atoms with van der Waals surface area (Å²) in [4.78, 5) is 12.3. The van der Waals surface area contributed by atoms with E-state index in [4.69, 9.17) is 0 Å². The maximum absolute atomic E-state index is 12.3. The quantitative estimate of drug-likeness (QED) is 0.315. The fraction of sp³-hybridized carbons (Fsp3) is 0.682. The van der Waals surface area contributed by atoms with E-state index in [0.29, 0.717) is 12.0 Å². The highest BCUT2D eigenvalue weighted by molar-refractivity contribution is 6.00. The van der Waals surface area contributed by atoms with Crippen LogP contribution in [0.1, 0.15) is 105 Å². The lowest BCUT2D eigenvalue weighted by molar-refractivity contribution is 0.0976. The Morgan fingerprint density at radius 3 is 1.83 bits per heavy atom. The number of phenolic OH excluding ortho intramolecular Hbond substituents is 1. The average molecular weight is 333 g/mol. The highest BCUT2D eigenvalue weighted by Crippen LogP contribution is 2.25. The zero-order valence-corrected chi connectivity index (χ0v) is 16.0. The average Bonchev–Trinajstić information content (AvgIpc) is 2.51. The van der Waals surface area contributed by atoms with Crippen molar-refractivity contribution < 1.29 is 9.90 Å². The van der Waals surface area contributed by atoms with Crippen LogP contribution in [0.25, 0.3) is 0 Å². The molecule has 0 saturated carbocycles. The summed E-state index contributed by atoms with van der Waals surface area (Å²) >= 11 is 0. The van der Waals surface area contributed by atoms with E-state index in [2.05, 4.69) is 6.92 Å². The van der Waals surface area contributed by atoms with Crippen LogP contribution in [0.15, 0.2) is 12.1 Å². The van der Waals surface area contributed by atoms with E-state index in [1.165, 1.54) is 57.8 Å². The van der Waals surface area contributed by atoms with Crippen LogP contribution in [0, 0.1) is 13.8 Å². The van der Waals surface area contributed by atoms with Gasteiger partial charge in [0.1, 0.15) is 5.75 Å². The number of carbonyl (C=O) groups is 1. The zero-order valence-electron chi connectivity index (χ0n) is 16.0. The van der Waals surface area contributed by atoms with Crippen LogP contribution in [0.5, 0.6) is 5.75 Å². The molecule has 0 aliphatic carbocycles. The first kappa shape index (κ1) is 20.7. The first-order valence-corrected chi connectivity index (χ1v) is 9.89. The number of benzene rings is 1. The van der Waals surface area contributed by atoms with Gasteiger partial charge in [-0.25, -0.2) is 0 Å². The standard InChI is InChI=1S/C22H36O2/c1-4-5-6-7-8-9-10-11-12-13-14-15-20(23)22-19(3)16-18(2)17-21(22)24/h16-17,24H,4-15H2,1-3H3. The van der Waals surface area contributed by atoms with Gasteiger partial charge >= 0.3 is 0 Å². The third-order valence-electron chi connectivity index (χ3n) is 4.75. The largest absolute Gasteiger partial charge is 0.507 e. The molecule has 0 spiro atoms. The second kappa shape index (κ2) is 12.1. The molecule has 0 bridgehead atoms. The van der Waals surface area contributed by atoms with Gasteiger partial charge in [0, 0.05) is 6.42 Å². The van der Waals surface area contributed by atoms with E-state index in [-0.39, 0.29) is 11.5 Å². The number of aryl methyl sites for hydroxylation is 2. The first-order chi connectivity index (χ1) is 11.6. The Morgan fingerprint density at radius 2 is 1.33 bits per heavy atom. The van der Waals surface area contributed by atoms with Crippen LogP contribution in [-0.4, -0.2) is 10.9 Å². The number of Topliss-reactive ketones (excluding diaryl/α,β-unsaturated/α-hetero) is 1. The Labute approximate surface area is 148 Å². The second-order valence-corrected chi connectivity index (χ2v) is 7.18. The first-order valence-electron chi connectivity index (χ1n) is 9.89. The zero-order chi connectivity index (χ0) is 17.8. The van der Waals surface area contributed by atoms with E-state index in [0.717, 1.165) is 24.0 Å². The van der Waals surface area contributed by atoms with Crippen molar-refractivity contribution in [2.24, 2.45) is 0 Å². The molecule has 0 heterocycles. The van der Waals surface area contributed by atoms with Crippen molar-refractivity contribution in [3.8, 4) is 5.75 Å². The van der Waals surface area contributed by atoms with Crippen LogP contribution >= 0.6 is 0 Å². The molecule has 136 valence electrons. The summed E-state index contributed by atoms with van der Waals surface area (Å²) in [5, 5.41) is 10.00. The lowest BCUT2D eigenvalue weighted by Gasteiger charge is -2.09. The molecular formula is C22H36O2. The summed E-state index contributed by atoms with van der Waals surface area (Å²) in [5.41, 5.74) is 2.41. The van der Waals surface area contributed by atoms with Crippen molar-refractivity contribution in [1.29, 1.82) is 0 Å². The van der Waals surface area contributed by atoms with E-state index < -0.39 is 0 Å². The molecule has 0 radical (unpaired) electrons. The molecule has 2 nitrogen and oxygen atoms in total. The molecule has 0 fully saturated rings. The molecule has 0 saturated heterocycles. The van der Waals surface area contributed by atoms with Crippen LogP contribution < -0.4 is 0 Å². The van der Waals surface area contributed by atoms with Crippen molar-refractivity contribution in [2.45, 2.75) is 97.8 Å². The maximum Gasteiger partial charge on any atom is 0.166 e. The summed E-state index contributed by atoms with van der Waals surface area (Å²) in [6, 6.07) is 3.65. The smallest absolute Gasteiger partial charge is 0.166 e. The number of phenols is 1. The van der Waals surface area contributed by atoms with Crippen molar-refractivity contribution in [3.63, 3.8) is 0 Å². The normalized spacial score (nSPS) is 11.0. The van der Waals surface area contributed by atoms with E-state index in [1.807, 2.05) is 19.9 Å². The van der Waals surface area contributed by atoms with Gasteiger partial charge in [0.05, 0.1) is 5.56 Å². The number of hydrogen-bond donors (Lipinski definition) is 1. The van der Waals surface area contributed by atoms with E-state index >= 15 is 0 Å². The van der Waals surface area contributed by atoms with Gasteiger partial charge in [-0.15, -0.1) is 0 Å². The summed E-state index contributed by atoms with van der Waals surface area (Å²) in [6.07, 6.45) is 14.7. The lowest BCUT2D eigenvalue weighted by Crippen LogP contribution is -2.03. The minimum absolute atomic E-state index is 0.0842. The fourth-order valence-corrected chi connectivity index (χ4v) is 3.38. The Hall–Kier alpha value is -1.31. The number of unbranched alkanes of at least 4 members (excludes halogenated alkanes) is 10. The fourth-order valence-electron chi connectivity index (χ4n) is 3.38. The monoisotopic (exact) mass is 332 g/mol. The predicted octanol–water partition coefficient (Wildman–Crippen LogP) is 6.89. The SMILES string of the molecule is CCCCCCCCCCCCCC(=O)c1c(C)cc(C)cc1O. The maximum atomic E-state index is 12.3. The Morgan fingerprint density at radius 1 is 0.833 bits per heavy atom. The van der Waals surface area contributed by atoms with Crippen LogP contribution in [-0.2, 0) is 0 Å². The van der Waals surface area contributed by atoms with E-state index in [9.17, 15) is 9.90 Å². The van der Waals surface area contributed by atoms with Gasteiger partial charge in [-0.05, 0) is 37.5 Å². The predicted molar refractivity (Wildman–Crippen MR) is 103 cm³/mol. The molecule has 2 heteroatoms. The number of rotatable bonds is 13. The molecule has 1 rings (SSSR count). The minimum Gasteiger partial charge on any atom is -0.507 e. The molecule has 0 aliphatic heterocycles. The number of aromatic hydroxyl groups is 1. The molecule has 1 aromatic rings. The molecular weight excluding hydrogens is 296 g/mol. The summed E-state index contributed by atoms with van der Waals surface area (Å²) in [5.74, 6) is 0.224. The minimum atomic E-state index is 0.0842. The highest BCUT2D eigenvalue weighted by atomic mass is 16.3. The van der Waals surface area contributed by atoms with Crippen LogP contribution in [0.2, 0.25) is 0 Å². The third kappa shape index (κ3) is 7.99. The van der Waals surface area contributed by atoms with Gasteiger partial charge in [0.2, 0.25) is 0 Å². The molecule has 24 heavy (non-hydrogen) atoms. The highest BCUT2D eigenvalue weighted by Gasteiger charge is 2.14. The van der Waals surface area contributed by atoms with Crippen LogP contribution in [0.4, 0.5) is 0 Å². The van der Waals surface area contributed by atoms with Gasteiger partial charge in [-0.3, -0.25) is 4.79 Å². The van der Waals surface area contributed by atoms with Gasteiger partial charge in [-0.2, -0.15) is 0 Å². The molecule has 0 amide bonds. The van der Waals surface area contributed by atoms with Crippen molar-refractivity contribution >= 4 is 5.78 Å². The van der Waals surface area contributed by atoms with Crippen molar-refractivity contribution in [2.75, 3.05) is 0 Å². The molecule has 0 unspecified atom stereocenters. The number of ketones is 1. The summed E-state index contributed by atoms with van der Waals surface area (Å²) in [7, 11) is 0. The lowest BCUT2D eigenvalue weighted by atomic mass is 9.97. The van der Waals surface area contributed by atoms with E-state index in [1.54, 1.807) is 6.07 Å². The molecule has 0 aliphatic rings. The Kier molecular flexibility index (Phi) is 10.5. The summed E-state index contributed by atoms with van der Waals surface area (Å²) < 4.78 is 0. The molecule has 0 aromatic heterocycles.